The van der Waals surface area contributed by atoms with Crippen LogP contribution in [0.1, 0.15) is 54.9 Å². The summed E-state index contributed by atoms with van der Waals surface area (Å²) >= 11 is 0. The highest BCUT2D eigenvalue weighted by Crippen LogP contribution is 2.31. The number of ether oxygens (including phenoxy) is 2. The standard InChI is InChI=1S/C23H28FNO3/c1-3-27-21-13-10-18(15-22(21)28-4-2)23(26)25-14-6-5-7-19(16-25)17-8-11-20(24)12-9-17/h8-13,15,19H,3-7,14,16H2,1-2H3. The fraction of sp³-hybridized carbons (Fsp3) is 0.435. The molecular formula is C23H28FNO3. The van der Waals surface area contributed by atoms with Gasteiger partial charge < -0.3 is 14.4 Å². The minimum Gasteiger partial charge on any atom is -0.490 e. The molecule has 0 saturated carbocycles. The average Bonchev–Trinajstić information content (AvgIpc) is 2.96. The Bertz CT molecular complexity index is 791. The number of hydrogen-bond donors (Lipinski definition) is 0. The van der Waals surface area contributed by atoms with Crippen LogP contribution in [0.15, 0.2) is 42.5 Å². The lowest BCUT2D eigenvalue weighted by molar-refractivity contribution is 0.0754. The van der Waals surface area contributed by atoms with Gasteiger partial charge in [0.25, 0.3) is 5.91 Å². The topological polar surface area (TPSA) is 38.8 Å². The lowest BCUT2D eigenvalue weighted by Crippen LogP contribution is -2.34. The minimum atomic E-state index is -0.233. The SMILES string of the molecule is CCOc1ccc(C(=O)N2CCCCC(c3ccc(F)cc3)C2)cc1OCC. The van der Waals surface area contributed by atoms with Crippen molar-refractivity contribution in [3.05, 3.63) is 59.4 Å². The first-order valence-corrected chi connectivity index (χ1v) is 10.1. The van der Waals surface area contributed by atoms with Crippen molar-refractivity contribution < 1.29 is 18.7 Å². The Morgan fingerprint density at radius 3 is 2.46 bits per heavy atom. The van der Waals surface area contributed by atoms with Crippen molar-refractivity contribution in [3.8, 4) is 11.5 Å². The van der Waals surface area contributed by atoms with Gasteiger partial charge in [0.1, 0.15) is 5.82 Å². The van der Waals surface area contributed by atoms with E-state index >= 15 is 0 Å². The molecule has 1 heterocycles. The van der Waals surface area contributed by atoms with Gasteiger partial charge in [0.05, 0.1) is 13.2 Å². The Labute approximate surface area is 166 Å². The molecule has 0 aliphatic carbocycles. The zero-order valence-electron chi connectivity index (χ0n) is 16.6. The maximum atomic E-state index is 13.3. The van der Waals surface area contributed by atoms with E-state index in [0.717, 1.165) is 31.4 Å². The van der Waals surface area contributed by atoms with Crippen LogP contribution in [0.4, 0.5) is 4.39 Å². The van der Waals surface area contributed by atoms with Crippen LogP contribution in [0.5, 0.6) is 11.5 Å². The molecule has 0 spiro atoms. The second-order valence-corrected chi connectivity index (χ2v) is 7.02. The first-order chi connectivity index (χ1) is 13.6. The Hall–Kier alpha value is -2.56. The van der Waals surface area contributed by atoms with Crippen LogP contribution in [0.25, 0.3) is 0 Å². The van der Waals surface area contributed by atoms with Gasteiger partial charge in [0, 0.05) is 24.6 Å². The first kappa shape index (κ1) is 20.2. The van der Waals surface area contributed by atoms with Crippen LogP contribution in [-0.4, -0.2) is 37.1 Å². The number of amides is 1. The molecule has 2 aromatic rings. The van der Waals surface area contributed by atoms with Crippen molar-refractivity contribution in [2.75, 3.05) is 26.3 Å². The second kappa shape index (κ2) is 9.58. The molecule has 1 amide bonds. The summed E-state index contributed by atoms with van der Waals surface area (Å²) in [5, 5.41) is 0. The summed E-state index contributed by atoms with van der Waals surface area (Å²) < 4.78 is 24.5. The summed E-state index contributed by atoms with van der Waals surface area (Å²) in [6, 6.07) is 12.0. The lowest BCUT2D eigenvalue weighted by Gasteiger charge is -2.25. The van der Waals surface area contributed by atoms with Crippen LogP contribution >= 0.6 is 0 Å². The Morgan fingerprint density at radius 2 is 1.75 bits per heavy atom. The van der Waals surface area contributed by atoms with Gasteiger partial charge in [-0.05, 0) is 62.6 Å². The van der Waals surface area contributed by atoms with Crippen molar-refractivity contribution in [1.29, 1.82) is 0 Å². The van der Waals surface area contributed by atoms with Gasteiger partial charge in [-0.1, -0.05) is 18.6 Å². The van der Waals surface area contributed by atoms with E-state index in [2.05, 4.69) is 0 Å². The number of likely N-dealkylation sites (tertiary alicyclic amines) is 1. The Morgan fingerprint density at radius 1 is 1.04 bits per heavy atom. The maximum Gasteiger partial charge on any atom is 0.254 e. The van der Waals surface area contributed by atoms with Gasteiger partial charge in [-0.25, -0.2) is 4.39 Å². The summed E-state index contributed by atoms with van der Waals surface area (Å²) in [6.45, 7) is 6.25. The molecule has 1 atom stereocenters. The van der Waals surface area contributed by atoms with E-state index < -0.39 is 0 Å². The molecule has 1 unspecified atom stereocenters. The molecule has 0 radical (unpaired) electrons. The predicted molar refractivity (Wildman–Crippen MR) is 108 cm³/mol. The molecular weight excluding hydrogens is 357 g/mol. The molecule has 1 fully saturated rings. The zero-order chi connectivity index (χ0) is 19.9. The first-order valence-electron chi connectivity index (χ1n) is 10.1. The third-order valence-corrected chi connectivity index (χ3v) is 5.09. The lowest BCUT2D eigenvalue weighted by atomic mass is 9.94. The molecule has 0 N–H and O–H groups in total. The highest BCUT2D eigenvalue weighted by Gasteiger charge is 2.25. The number of hydrogen-bond acceptors (Lipinski definition) is 3. The van der Waals surface area contributed by atoms with E-state index in [-0.39, 0.29) is 17.6 Å². The van der Waals surface area contributed by atoms with Gasteiger partial charge in [0.15, 0.2) is 11.5 Å². The molecule has 28 heavy (non-hydrogen) atoms. The summed E-state index contributed by atoms with van der Waals surface area (Å²) in [5.41, 5.74) is 1.69. The molecule has 0 aromatic heterocycles. The van der Waals surface area contributed by atoms with Crippen LogP contribution in [0, 0.1) is 5.82 Å². The molecule has 5 heteroatoms. The molecule has 3 rings (SSSR count). The zero-order valence-corrected chi connectivity index (χ0v) is 16.6. The third kappa shape index (κ3) is 4.83. The molecule has 0 bridgehead atoms. The van der Waals surface area contributed by atoms with Gasteiger partial charge >= 0.3 is 0 Å². The van der Waals surface area contributed by atoms with Crippen molar-refractivity contribution in [1.82, 2.24) is 4.90 Å². The number of benzene rings is 2. The van der Waals surface area contributed by atoms with E-state index in [1.807, 2.05) is 30.9 Å². The van der Waals surface area contributed by atoms with Crippen molar-refractivity contribution in [2.45, 2.75) is 39.0 Å². The van der Waals surface area contributed by atoms with E-state index in [4.69, 9.17) is 9.47 Å². The number of halogens is 1. The fourth-order valence-corrected chi connectivity index (χ4v) is 3.70. The monoisotopic (exact) mass is 385 g/mol. The van der Waals surface area contributed by atoms with Crippen LogP contribution in [0.2, 0.25) is 0 Å². The summed E-state index contributed by atoms with van der Waals surface area (Å²) in [4.78, 5) is 15.1. The van der Waals surface area contributed by atoms with Crippen LogP contribution < -0.4 is 9.47 Å². The van der Waals surface area contributed by atoms with E-state index in [1.54, 1.807) is 18.2 Å². The quantitative estimate of drug-likeness (QED) is 0.700. The molecule has 150 valence electrons. The fourth-order valence-electron chi connectivity index (χ4n) is 3.70. The van der Waals surface area contributed by atoms with Gasteiger partial charge in [-0.2, -0.15) is 0 Å². The van der Waals surface area contributed by atoms with E-state index in [0.29, 0.717) is 36.8 Å². The normalized spacial score (nSPS) is 17.1. The summed E-state index contributed by atoms with van der Waals surface area (Å²) in [5.74, 6) is 1.24. The molecule has 4 nitrogen and oxygen atoms in total. The minimum absolute atomic E-state index is 0.00184. The van der Waals surface area contributed by atoms with Gasteiger partial charge in [-0.3, -0.25) is 4.79 Å². The van der Waals surface area contributed by atoms with E-state index in [1.165, 1.54) is 12.1 Å². The van der Waals surface area contributed by atoms with Crippen molar-refractivity contribution >= 4 is 5.91 Å². The Balaban J connectivity index is 1.80. The van der Waals surface area contributed by atoms with Crippen LogP contribution in [0.3, 0.4) is 0 Å². The van der Waals surface area contributed by atoms with Gasteiger partial charge in [0.2, 0.25) is 0 Å². The second-order valence-electron chi connectivity index (χ2n) is 7.02. The maximum absolute atomic E-state index is 13.3. The van der Waals surface area contributed by atoms with Crippen molar-refractivity contribution in [3.63, 3.8) is 0 Å². The molecule has 1 saturated heterocycles. The van der Waals surface area contributed by atoms with Crippen molar-refractivity contribution in [2.24, 2.45) is 0 Å². The van der Waals surface area contributed by atoms with E-state index in [9.17, 15) is 9.18 Å². The number of rotatable bonds is 6. The van der Waals surface area contributed by atoms with Crippen LogP contribution in [-0.2, 0) is 0 Å². The molecule has 1 aliphatic heterocycles. The largest absolute Gasteiger partial charge is 0.490 e. The predicted octanol–water partition coefficient (Wildman–Crippen LogP) is 5.03. The number of nitrogens with zero attached hydrogens (tertiary/aromatic N) is 1. The molecule has 1 aliphatic rings. The molecule has 2 aromatic carbocycles. The number of carbonyl (C=O) groups excluding carboxylic acids is 1. The smallest absolute Gasteiger partial charge is 0.254 e. The highest BCUT2D eigenvalue weighted by atomic mass is 19.1. The van der Waals surface area contributed by atoms with Gasteiger partial charge in [-0.15, -0.1) is 0 Å². The number of carbonyl (C=O) groups is 1. The highest BCUT2D eigenvalue weighted by molar-refractivity contribution is 5.95. The third-order valence-electron chi connectivity index (χ3n) is 5.09. The summed E-state index contributed by atoms with van der Waals surface area (Å²) in [6.07, 6.45) is 3.03. The Kier molecular flexibility index (Phi) is 6.90. The average molecular weight is 385 g/mol. The summed E-state index contributed by atoms with van der Waals surface area (Å²) in [7, 11) is 0.